The highest BCUT2D eigenvalue weighted by molar-refractivity contribution is 7.10. The van der Waals surface area contributed by atoms with Crippen LogP contribution < -0.4 is 10.7 Å². The fraction of sp³-hybridized carbons (Fsp3) is 0.500. The standard InChI is InChI=1S/C40H47N7O5S/c1-6-46-33-14-12-24-17-28(33)29(36(46)27-9-7-15-42-35(27)23(2)51-5)19-40(3,4)22-52-39(50)30-10-8-16-47(45-30)38(49)31(18-34-43-32(24)21-53-34)44-37(48)26-13-11-25(26)20-41/h7,9,12,14-15,17,21,23,25-26,30-31,45H,6,8,10-11,13,16,18-19,22H2,1-5H3,(H,44,48)/t23-,25-,26+,30-,31-/m0/s1. The summed E-state index contributed by atoms with van der Waals surface area (Å²) in [5.74, 6) is -1.88. The number of hydrazine groups is 1. The van der Waals surface area contributed by atoms with E-state index in [1.54, 1.807) is 13.3 Å². The first kappa shape index (κ1) is 36.7. The van der Waals surface area contributed by atoms with Crippen LogP contribution in [0.3, 0.4) is 0 Å². The van der Waals surface area contributed by atoms with Crippen molar-refractivity contribution in [3.8, 4) is 28.6 Å². The summed E-state index contributed by atoms with van der Waals surface area (Å²) >= 11 is 1.44. The number of hydrogen-bond acceptors (Lipinski definition) is 10. The van der Waals surface area contributed by atoms with Crippen molar-refractivity contribution in [2.45, 2.75) is 91.0 Å². The van der Waals surface area contributed by atoms with Gasteiger partial charge in [-0.3, -0.25) is 24.4 Å². The van der Waals surface area contributed by atoms with Crippen LogP contribution in [0, 0.1) is 28.6 Å². The third-order valence-corrected chi connectivity index (χ3v) is 11.8. The molecule has 13 heteroatoms. The van der Waals surface area contributed by atoms with E-state index in [0.29, 0.717) is 43.7 Å². The number of nitrogens with zero attached hydrogens (tertiary/aromatic N) is 5. The van der Waals surface area contributed by atoms with E-state index < -0.39 is 29.4 Å². The number of amides is 2. The number of aromatic nitrogens is 3. The van der Waals surface area contributed by atoms with Gasteiger partial charge in [-0.15, -0.1) is 11.3 Å². The number of thiazole rings is 1. The molecule has 4 aromatic rings. The lowest BCUT2D eigenvalue weighted by Crippen LogP contribution is -2.61. The average Bonchev–Trinajstić information content (AvgIpc) is 3.74. The molecule has 6 bridgehead atoms. The highest BCUT2D eigenvalue weighted by Gasteiger charge is 2.40. The fourth-order valence-corrected chi connectivity index (χ4v) is 8.66. The molecular formula is C40H47N7O5S. The second-order valence-corrected chi connectivity index (χ2v) is 16.1. The quantitative estimate of drug-likeness (QED) is 0.236. The Kier molecular flexibility index (Phi) is 10.4. The SMILES string of the molecule is CCn1c(-c2cccnc2[C@H](C)OC)c2c3cc(ccc31)-c1csc(n1)C[C@H](NC(=O)[C@@H]1CC[C@H]1C#N)C(=O)N1CCC[C@H](N1)C(=O)OCC(C)(C)C2. The van der Waals surface area contributed by atoms with Gasteiger partial charge in [-0.2, -0.15) is 5.26 Å². The first-order chi connectivity index (χ1) is 25.5. The van der Waals surface area contributed by atoms with E-state index in [0.717, 1.165) is 51.2 Å². The van der Waals surface area contributed by atoms with Gasteiger partial charge in [-0.25, -0.2) is 10.4 Å². The molecule has 53 heavy (non-hydrogen) atoms. The van der Waals surface area contributed by atoms with Crippen molar-refractivity contribution in [2.24, 2.45) is 17.3 Å². The predicted octanol–water partition coefficient (Wildman–Crippen LogP) is 5.75. The number of benzene rings is 1. The molecule has 2 amide bonds. The Labute approximate surface area is 313 Å². The average molecular weight is 738 g/mol. The molecule has 1 saturated heterocycles. The Balaban J connectivity index is 1.34. The number of nitrogens with one attached hydrogen (secondary N) is 2. The Morgan fingerprint density at radius 1 is 1.25 bits per heavy atom. The fourth-order valence-electron chi connectivity index (χ4n) is 7.81. The number of cyclic esters (lactones) is 1. The zero-order valence-corrected chi connectivity index (χ0v) is 31.8. The molecule has 0 unspecified atom stereocenters. The maximum Gasteiger partial charge on any atom is 0.324 e. The van der Waals surface area contributed by atoms with E-state index in [1.165, 1.54) is 16.3 Å². The lowest BCUT2D eigenvalue weighted by molar-refractivity contribution is -0.155. The number of hydrogen-bond donors (Lipinski definition) is 2. The largest absolute Gasteiger partial charge is 0.464 e. The molecule has 2 fully saturated rings. The minimum Gasteiger partial charge on any atom is -0.464 e. The highest BCUT2D eigenvalue weighted by Crippen LogP contribution is 2.42. The number of pyridine rings is 1. The van der Waals surface area contributed by atoms with E-state index in [1.807, 2.05) is 18.4 Å². The molecular weight excluding hydrogens is 691 g/mol. The third kappa shape index (κ3) is 7.20. The number of esters is 1. The van der Waals surface area contributed by atoms with Crippen LogP contribution in [-0.2, 0) is 43.2 Å². The summed E-state index contributed by atoms with van der Waals surface area (Å²) in [6.07, 6.45) is 4.73. The molecule has 5 heterocycles. The lowest BCUT2D eigenvalue weighted by Gasteiger charge is -2.36. The molecule has 2 aliphatic heterocycles. The maximum absolute atomic E-state index is 14.1. The van der Waals surface area contributed by atoms with E-state index in [4.69, 9.17) is 19.4 Å². The molecule has 12 nitrogen and oxygen atoms in total. The first-order valence-corrected chi connectivity index (χ1v) is 19.4. The summed E-state index contributed by atoms with van der Waals surface area (Å²) < 4.78 is 14.1. The topological polar surface area (TPSA) is 151 Å². The molecule has 278 valence electrons. The van der Waals surface area contributed by atoms with Crippen molar-refractivity contribution in [1.29, 1.82) is 5.26 Å². The lowest BCUT2D eigenvalue weighted by atomic mass is 9.74. The third-order valence-electron chi connectivity index (χ3n) is 10.9. The Hall–Kier alpha value is -4.64. The molecule has 3 aromatic heterocycles. The number of nitriles is 1. The van der Waals surface area contributed by atoms with E-state index >= 15 is 0 Å². The number of aryl methyl sites for hydroxylation is 1. The van der Waals surface area contributed by atoms with E-state index in [2.05, 4.69) is 66.4 Å². The molecule has 0 spiro atoms. The predicted molar refractivity (Wildman–Crippen MR) is 201 cm³/mol. The van der Waals surface area contributed by atoms with Crippen LogP contribution in [-0.4, -0.2) is 69.7 Å². The smallest absolute Gasteiger partial charge is 0.324 e. The molecule has 7 rings (SSSR count). The number of carbonyl (C=O) groups excluding carboxylic acids is 3. The van der Waals surface area contributed by atoms with Crippen LogP contribution in [0.5, 0.6) is 0 Å². The van der Waals surface area contributed by atoms with Crippen molar-refractivity contribution >= 4 is 40.0 Å². The van der Waals surface area contributed by atoms with Gasteiger partial charge in [0.2, 0.25) is 5.91 Å². The second-order valence-electron chi connectivity index (χ2n) is 15.2. The minimum atomic E-state index is -0.931. The number of fused-ring (bicyclic) bond motifs is 6. The molecule has 2 N–H and O–H groups in total. The normalized spacial score (nSPS) is 23.7. The summed E-state index contributed by atoms with van der Waals surface area (Å²) in [6.45, 7) is 9.61. The zero-order valence-electron chi connectivity index (χ0n) is 31.0. The Bertz CT molecular complexity index is 2080. The molecule has 1 aromatic carbocycles. The number of carbonyl (C=O) groups is 3. The summed E-state index contributed by atoms with van der Waals surface area (Å²) in [5, 5.41) is 17.7. The summed E-state index contributed by atoms with van der Waals surface area (Å²) in [7, 11) is 1.69. The Morgan fingerprint density at radius 2 is 2.08 bits per heavy atom. The van der Waals surface area contributed by atoms with Crippen molar-refractivity contribution in [2.75, 3.05) is 20.3 Å². The summed E-state index contributed by atoms with van der Waals surface area (Å²) in [6, 6.07) is 11.0. The number of methoxy groups -OCH3 is 1. The van der Waals surface area contributed by atoms with Crippen LogP contribution in [0.15, 0.2) is 41.9 Å². The molecule has 0 radical (unpaired) electrons. The van der Waals surface area contributed by atoms with Gasteiger partial charge in [-0.1, -0.05) is 19.9 Å². The van der Waals surface area contributed by atoms with Crippen LogP contribution in [0.1, 0.15) is 75.7 Å². The maximum atomic E-state index is 14.1. The molecule has 3 aliphatic rings. The van der Waals surface area contributed by atoms with Crippen molar-refractivity contribution < 1.29 is 23.9 Å². The number of ether oxygens (including phenoxy) is 2. The molecule has 1 saturated carbocycles. The van der Waals surface area contributed by atoms with Gasteiger partial charge >= 0.3 is 5.97 Å². The van der Waals surface area contributed by atoms with Crippen LogP contribution >= 0.6 is 11.3 Å². The highest BCUT2D eigenvalue weighted by atomic mass is 32.1. The van der Waals surface area contributed by atoms with Crippen molar-refractivity contribution in [3.63, 3.8) is 0 Å². The van der Waals surface area contributed by atoms with Gasteiger partial charge in [0.1, 0.15) is 12.1 Å². The van der Waals surface area contributed by atoms with Gasteiger partial charge in [0.25, 0.3) is 5.91 Å². The van der Waals surface area contributed by atoms with Crippen LogP contribution in [0.25, 0.3) is 33.4 Å². The van der Waals surface area contributed by atoms with Gasteiger partial charge in [0.15, 0.2) is 0 Å². The first-order valence-electron chi connectivity index (χ1n) is 18.5. The van der Waals surface area contributed by atoms with Crippen LogP contribution in [0.4, 0.5) is 0 Å². The minimum absolute atomic E-state index is 0.167. The van der Waals surface area contributed by atoms with E-state index in [-0.39, 0.29) is 36.9 Å². The van der Waals surface area contributed by atoms with Gasteiger partial charge < -0.3 is 19.4 Å². The molecule has 5 atom stereocenters. The summed E-state index contributed by atoms with van der Waals surface area (Å²) in [5.41, 5.74) is 9.47. The van der Waals surface area contributed by atoms with Crippen LogP contribution in [0.2, 0.25) is 0 Å². The van der Waals surface area contributed by atoms with E-state index in [9.17, 15) is 19.6 Å². The van der Waals surface area contributed by atoms with Crippen molar-refractivity contribution in [3.05, 3.63) is 58.2 Å². The van der Waals surface area contributed by atoms with Crippen molar-refractivity contribution in [1.82, 2.24) is 30.3 Å². The van der Waals surface area contributed by atoms with Gasteiger partial charge in [0.05, 0.1) is 52.7 Å². The Morgan fingerprint density at radius 3 is 2.81 bits per heavy atom. The molecule has 1 aliphatic carbocycles. The number of rotatable bonds is 6. The second kappa shape index (κ2) is 15.0. The van der Waals surface area contributed by atoms with Gasteiger partial charge in [0, 0.05) is 65.6 Å². The van der Waals surface area contributed by atoms with Gasteiger partial charge in [-0.05, 0) is 75.8 Å². The monoisotopic (exact) mass is 737 g/mol. The zero-order chi connectivity index (χ0) is 37.4. The summed E-state index contributed by atoms with van der Waals surface area (Å²) in [4.78, 5) is 50.9.